The molecule has 0 amide bonds. The summed E-state index contributed by atoms with van der Waals surface area (Å²) in [5.74, 6) is 1.10. The van der Waals surface area contributed by atoms with Crippen LogP contribution >= 0.6 is 0 Å². The summed E-state index contributed by atoms with van der Waals surface area (Å²) in [6, 6.07) is 9.88. The van der Waals surface area contributed by atoms with Crippen LogP contribution in [0.25, 0.3) is 0 Å². The van der Waals surface area contributed by atoms with Gasteiger partial charge in [0.05, 0.1) is 24.3 Å². The standard InChI is InChI=1S/C11H16N2O3.C9H10O3.Co/c1-2-15-9-5-3-4-8(7-14)11(9)16-10(13)6-12;1-2-12-8-5-3-4-7(6-10)9(8)11;/h3-5,7,10H,2,6,12-13H2,1H3;3-6,11H,2H2,1H3;. The molecule has 0 aliphatic heterocycles. The van der Waals surface area contributed by atoms with E-state index in [0.717, 1.165) is 0 Å². The Bertz CT molecular complexity index is 773. The number of phenolic OH excluding ortho intramolecular Hbond substituents is 1. The van der Waals surface area contributed by atoms with Gasteiger partial charge in [-0.1, -0.05) is 12.1 Å². The van der Waals surface area contributed by atoms with Crippen LogP contribution in [-0.2, 0) is 16.8 Å². The zero-order valence-electron chi connectivity index (χ0n) is 16.3. The average molecular weight is 449 g/mol. The average Bonchev–Trinajstić information content (AvgIpc) is 2.71. The summed E-state index contributed by atoms with van der Waals surface area (Å²) in [7, 11) is 0. The van der Waals surface area contributed by atoms with Crippen LogP contribution in [0.1, 0.15) is 34.6 Å². The molecule has 0 aliphatic rings. The fraction of sp³-hybridized carbons (Fsp3) is 0.300. The molecule has 0 fully saturated rings. The predicted molar refractivity (Wildman–Crippen MR) is 105 cm³/mol. The summed E-state index contributed by atoms with van der Waals surface area (Å²) >= 11 is 0. The first-order valence-corrected chi connectivity index (χ1v) is 8.75. The monoisotopic (exact) mass is 449 g/mol. The Hall–Kier alpha value is -2.59. The number of hydrogen-bond donors (Lipinski definition) is 3. The number of carbonyl (C=O) groups excluding carboxylic acids is 2. The van der Waals surface area contributed by atoms with Gasteiger partial charge in [0.1, 0.15) is 0 Å². The van der Waals surface area contributed by atoms with Crippen molar-refractivity contribution in [2.75, 3.05) is 19.8 Å². The van der Waals surface area contributed by atoms with Crippen LogP contribution in [0.3, 0.4) is 0 Å². The van der Waals surface area contributed by atoms with Crippen LogP contribution < -0.4 is 25.7 Å². The van der Waals surface area contributed by atoms with E-state index in [-0.39, 0.29) is 34.6 Å². The smallest absolute Gasteiger partial charge is 0.174 e. The van der Waals surface area contributed by atoms with Crippen molar-refractivity contribution in [3.63, 3.8) is 0 Å². The molecule has 0 saturated carbocycles. The fourth-order valence-corrected chi connectivity index (χ4v) is 2.13. The van der Waals surface area contributed by atoms with Crippen LogP contribution in [0.5, 0.6) is 23.0 Å². The predicted octanol–water partition coefficient (Wildman–Crippen LogP) is 2.12. The third-order valence-corrected chi connectivity index (χ3v) is 3.39. The number of rotatable bonds is 9. The molecule has 0 bridgehead atoms. The fourth-order valence-electron chi connectivity index (χ4n) is 2.13. The molecule has 2 rings (SSSR count). The molecule has 5 N–H and O–H groups in total. The Morgan fingerprint density at radius 2 is 1.48 bits per heavy atom. The van der Waals surface area contributed by atoms with Gasteiger partial charge in [-0.25, -0.2) is 0 Å². The van der Waals surface area contributed by atoms with Gasteiger partial charge in [-0.05, 0) is 38.1 Å². The second-order valence-corrected chi connectivity index (χ2v) is 5.36. The number of ether oxygens (including phenoxy) is 3. The molecule has 0 heterocycles. The van der Waals surface area contributed by atoms with Gasteiger partial charge in [-0.15, -0.1) is 0 Å². The second-order valence-electron chi connectivity index (χ2n) is 5.36. The van der Waals surface area contributed by atoms with E-state index in [9.17, 15) is 14.7 Å². The summed E-state index contributed by atoms with van der Waals surface area (Å²) in [6.07, 6.45) is 0.638. The normalized spacial score (nSPS) is 10.5. The van der Waals surface area contributed by atoms with Crippen molar-refractivity contribution in [2.45, 2.75) is 20.1 Å². The maximum Gasteiger partial charge on any atom is 0.174 e. The number of aromatic hydroxyl groups is 1. The SMILES string of the molecule is CCOc1cccc(C=O)c1O.CCOc1cccc(C=O)c1OC(N)CN.[Co]. The summed E-state index contributed by atoms with van der Waals surface area (Å²) < 4.78 is 15.8. The Kier molecular flexibility index (Phi) is 13.1. The third-order valence-electron chi connectivity index (χ3n) is 3.39. The molecule has 1 radical (unpaired) electrons. The van der Waals surface area contributed by atoms with Crippen LogP contribution in [0.4, 0.5) is 0 Å². The van der Waals surface area contributed by atoms with Crippen LogP contribution in [-0.4, -0.2) is 43.7 Å². The molecule has 1 atom stereocenters. The molecule has 8 nitrogen and oxygen atoms in total. The molecule has 9 heteroatoms. The molecule has 0 aliphatic carbocycles. The van der Waals surface area contributed by atoms with E-state index in [4.69, 9.17) is 25.7 Å². The number of nitrogens with two attached hydrogens (primary N) is 2. The Morgan fingerprint density at radius 3 is 2.00 bits per heavy atom. The van der Waals surface area contributed by atoms with Gasteiger partial charge in [0, 0.05) is 23.3 Å². The van der Waals surface area contributed by atoms with E-state index in [1.807, 2.05) is 13.8 Å². The van der Waals surface area contributed by atoms with E-state index >= 15 is 0 Å². The van der Waals surface area contributed by atoms with Gasteiger partial charge in [-0.2, -0.15) is 0 Å². The van der Waals surface area contributed by atoms with E-state index in [1.165, 1.54) is 6.07 Å². The molecule has 0 saturated heterocycles. The molecule has 29 heavy (non-hydrogen) atoms. The molecule has 2 aromatic carbocycles. The van der Waals surface area contributed by atoms with E-state index in [1.54, 1.807) is 30.3 Å². The van der Waals surface area contributed by atoms with Crippen molar-refractivity contribution in [2.24, 2.45) is 11.5 Å². The first kappa shape index (κ1) is 26.4. The summed E-state index contributed by atoms with van der Waals surface area (Å²) in [5.41, 5.74) is 11.6. The van der Waals surface area contributed by atoms with Crippen molar-refractivity contribution < 1.29 is 45.7 Å². The Labute approximate surface area is 180 Å². The molecule has 0 spiro atoms. The van der Waals surface area contributed by atoms with Gasteiger partial charge in [-0.3, -0.25) is 15.3 Å². The van der Waals surface area contributed by atoms with Crippen molar-refractivity contribution in [3.05, 3.63) is 47.5 Å². The number of benzene rings is 2. The molecule has 161 valence electrons. The summed E-state index contributed by atoms with van der Waals surface area (Å²) in [4.78, 5) is 21.2. The molecule has 1 unspecified atom stereocenters. The van der Waals surface area contributed by atoms with Crippen molar-refractivity contribution in [3.8, 4) is 23.0 Å². The minimum Gasteiger partial charge on any atom is -0.504 e. The van der Waals surface area contributed by atoms with Crippen LogP contribution in [0, 0.1) is 0 Å². The first-order chi connectivity index (χ1) is 13.5. The second kappa shape index (κ2) is 14.4. The minimum absolute atomic E-state index is 0. The quantitative estimate of drug-likeness (QED) is 0.392. The zero-order chi connectivity index (χ0) is 20.9. The number of hydrogen-bond acceptors (Lipinski definition) is 8. The van der Waals surface area contributed by atoms with Crippen LogP contribution in [0.15, 0.2) is 36.4 Å². The topological polar surface area (TPSA) is 134 Å². The maximum absolute atomic E-state index is 10.8. The molecule has 2 aromatic rings. The van der Waals surface area contributed by atoms with Gasteiger partial charge >= 0.3 is 0 Å². The van der Waals surface area contributed by atoms with Crippen LogP contribution in [0.2, 0.25) is 0 Å². The zero-order valence-corrected chi connectivity index (χ0v) is 17.3. The Balaban J connectivity index is 0.000000542. The largest absolute Gasteiger partial charge is 0.504 e. The molecular weight excluding hydrogens is 423 g/mol. The Morgan fingerprint density at radius 1 is 0.966 bits per heavy atom. The van der Waals surface area contributed by atoms with Crippen molar-refractivity contribution >= 4 is 12.6 Å². The maximum atomic E-state index is 10.8. The minimum atomic E-state index is -0.652. The van der Waals surface area contributed by atoms with Crippen molar-refractivity contribution in [1.29, 1.82) is 0 Å². The van der Waals surface area contributed by atoms with E-state index in [0.29, 0.717) is 48.6 Å². The number of para-hydroxylation sites is 2. The van der Waals surface area contributed by atoms with Gasteiger partial charge in [0.25, 0.3) is 0 Å². The number of aldehydes is 2. The molecular formula is C20H26CoN2O6. The van der Waals surface area contributed by atoms with Gasteiger partial charge in [0.2, 0.25) is 0 Å². The van der Waals surface area contributed by atoms with E-state index < -0.39 is 6.23 Å². The van der Waals surface area contributed by atoms with Gasteiger partial charge in [0.15, 0.2) is 41.8 Å². The third kappa shape index (κ3) is 8.12. The van der Waals surface area contributed by atoms with Gasteiger partial charge < -0.3 is 25.1 Å². The summed E-state index contributed by atoms with van der Waals surface area (Å²) in [6.45, 7) is 4.78. The number of phenols is 1. The number of carbonyl (C=O) groups is 2. The first-order valence-electron chi connectivity index (χ1n) is 8.75. The van der Waals surface area contributed by atoms with Crippen molar-refractivity contribution in [1.82, 2.24) is 0 Å². The van der Waals surface area contributed by atoms with E-state index in [2.05, 4.69) is 0 Å². The summed E-state index contributed by atoms with van der Waals surface area (Å²) in [5, 5.41) is 9.36. The molecule has 0 aromatic heterocycles.